The van der Waals surface area contributed by atoms with Gasteiger partial charge in [0.1, 0.15) is 11.4 Å². The SMILES string of the molecule is COC(=O)CCCN(C)C(=O)c1cn(-c2ccc(C)cc2)nc1-c1cccc(OC)c1. The third kappa shape index (κ3) is 5.31. The van der Waals surface area contributed by atoms with Gasteiger partial charge in [0.15, 0.2) is 0 Å². The van der Waals surface area contributed by atoms with Crippen molar-refractivity contribution in [1.29, 1.82) is 0 Å². The number of hydrogen-bond acceptors (Lipinski definition) is 5. The summed E-state index contributed by atoms with van der Waals surface area (Å²) in [5, 5.41) is 4.72. The number of esters is 1. The molecule has 0 radical (unpaired) electrons. The topological polar surface area (TPSA) is 73.7 Å². The summed E-state index contributed by atoms with van der Waals surface area (Å²) >= 11 is 0. The normalized spacial score (nSPS) is 10.6. The largest absolute Gasteiger partial charge is 0.497 e. The molecule has 7 nitrogen and oxygen atoms in total. The van der Waals surface area contributed by atoms with E-state index >= 15 is 0 Å². The van der Waals surface area contributed by atoms with E-state index in [4.69, 9.17) is 9.84 Å². The van der Waals surface area contributed by atoms with Crippen LogP contribution in [-0.2, 0) is 9.53 Å². The summed E-state index contributed by atoms with van der Waals surface area (Å²) in [6, 6.07) is 15.4. The lowest BCUT2D eigenvalue weighted by molar-refractivity contribution is -0.140. The highest BCUT2D eigenvalue weighted by atomic mass is 16.5. The first-order chi connectivity index (χ1) is 14.9. The van der Waals surface area contributed by atoms with Crippen molar-refractivity contribution in [3.63, 3.8) is 0 Å². The second-order valence-corrected chi connectivity index (χ2v) is 7.31. The molecule has 0 saturated heterocycles. The van der Waals surface area contributed by atoms with Crippen LogP contribution in [0.1, 0.15) is 28.8 Å². The molecule has 7 heteroatoms. The zero-order valence-electron chi connectivity index (χ0n) is 18.3. The highest BCUT2D eigenvalue weighted by molar-refractivity contribution is 6.00. The molecule has 1 amide bonds. The Kier molecular flexibility index (Phi) is 7.07. The van der Waals surface area contributed by atoms with Crippen LogP contribution in [0.3, 0.4) is 0 Å². The molecular formula is C24H27N3O4. The number of ether oxygens (including phenoxy) is 2. The van der Waals surface area contributed by atoms with E-state index < -0.39 is 0 Å². The van der Waals surface area contributed by atoms with Gasteiger partial charge in [0.2, 0.25) is 0 Å². The number of carbonyl (C=O) groups excluding carboxylic acids is 2. The van der Waals surface area contributed by atoms with Crippen molar-refractivity contribution < 1.29 is 19.1 Å². The maximum atomic E-state index is 13.3. The molecule has 0 aliphatic heterocycles. The van der Waals surface area contributed by atoms with Crippen LogP contribution in [0, 0.1) is 6.92 Å². The minimum absolute atomic E-state index is 0.166. The van der Waals surface area contributed by atoms with E-state index in [-0.39, 0.29) is 18.3 Å². The van der Waals surface area contributed by atoms with E-state index in [1.165, 1.54) is 7.11 Å². The molecule has 0 bridgehead atoms. The fraction of sp³-hybridized carbons (Fsp3) is 0.292. The molecule has 1 heterocycles. The maximum absolute atomic E-state index is 13.3. The first-order valence-corrected chi connectivity index (χ1v) is 10.1. The molecule has 0 atom stereocenters. The first-order valence-electron chi connectivity index (χ1n) is 10.1. The summed E-state index contributed by atoms with van der Waals surface area (Å²) in [5.74, 6) is 0.235. The zero-order valence-corrected chi connectivity index (χ0v) is 18.3. The van der Waals surface area contributed by atoms with Gasteiger partial charge in [-0.15, -0.1) is 0 Å². The lowest BCUT2D eigenvalue weighted by atomic mass is 10.1. The summed E-state index contributed by atoms with van der Waals surface area (Å²) in [6.07, 6.45) is 2.54. The van der Waals surface area contributed by atoms with Gasteiger partial charge in [0.25, 0.3) is 5.91 Å². The van der Waals surface area contributed by atoms with Gasteiger partial charge in [-0.05, 0) is 37.6 Å². The highest BCUT2D eigenvalue weighted by Crippen LogP contribution is 2.28. The molecule has 162 valence electrons. The Bertz CT molecular complexity index is 1060. The summed E-state index contributed by atoms with van der Waals surface area (Å²) in [7, 11) is 4.68. The average molecular weight is 421 g/mol. The van der Waals surface area contributed by atoms with Crippen molar-refractivity contribution in [3.8, 4) is 22.7 Å². The lowest BCUT2D eigenvalue weighted by Crippen LogP contribution is -2.28. The minimum Gasteiger partial charge on any atom is -0.497 e. The highest BCUT2D eigenvalue weighted by Gasteiger charge is 2.22. The number of rotatable bonds is 8. The number of benzene rings is 2. The number of aromatic nitrogens is 2. The summed E-state index contributed by atoms with van der Waals surface area (Å²) in [4.78, 5) is 26.2. The van der Waals surface area contributed by atoms with E-state index in [0.29, 0.717) is 30.0 Å². The van der Waals surface area contributed by atoms with Crippen molar-refractivity contribution in [3.05, 3.63) is 65.9 Å². The van der Waals surface area contributed by atoms with Gasteiger partial charge in [-0.2, -0.15) is 5.10 Å². The Morgan fingerprint density at radius 2 is 1.84 bits per heavy atom. The molecule has 0 saturated carbocycles. The lowest BCUT2D eigenvalue weighted by Gasteiger charge is -2.16. The molecule has 0 aliphatic rings. The average Bonchev–Trinajstić information content (AvgIpc) is 3.24. The zero-order chi connectivity index (χ0) is 22.4. The van der Waals surface area contributed by atoms with E-state index in [2.05, 4.69) is 4.74 Å². The number of hydrogen-bond donors (Lipinski definition) is 0. The number of carbonyl (C=O) groups is 2. The van der Waals surface area contributed by atoms with E-state index in [0.717, 1.165) is 16.8 Å². The van der Waals surface area contributed by atoms with Crippen LogP contribution in [0.25, 0.3) is 16.9 Å². The number of aryl methyl sites for hydroxylation is 1. The summed E-state index contributed by atoms with van der Waals surface area (Å²) in [5.41, 5.74) is 3.85. The van der Waals surface area contributed by atoms with Crippen LogP contribution in [0.5, 0.6) is 5.75 Å². The molecule has 3 aromatic rings. The van der Waals surface area contributed by atoms with Crippen LogP contribution in [0.4, 0.5) is 0 Å². The minimum atomic E-state index is -0.287. The Hall–Kier alpha value is -3.61. The molecule has 1 aromatic heterocycles. The van der Waals surface area contributed by atoms with Gasteiger partial charge >= 0.3 is 5.97 Å². The fourth-order valence-electron chi connectivity index (χ4n) is 3.21. The molecule has 2 aromatic carbocycles. The van der Waals surface area contributed by atoms with Crippen LogP contribution in [-0.4, -0.2) is 54.4 Å². The molecule has 0 N–H and O–H groups in total. The Morgan fingerprint density at radius 3 is 2.52 bits per heavy atom. The number of amides is 1. The van der Waals surface area contributed by atoms with Gasteiger partial charge in [-0.3, -0.25) is 9.59 Å². The van der Waals surface area contributed by atoms with Crippen molar-refractivity contribution in [2.45, 2.75) is 19.8 Å². The Labute approximate surface area is 182 Å². The maximum Gasteiger partial charge on any atom is 0.305 e. The van der Waals surface area contributed by atoms with Crippen LogP contribution in [0.15, 0.2) is 54.7 Å². The molecule has 31 heavy (non-hydrogen) atoms. The second kappa shape index (κ2) is 9.93. The number of nitrogens with zero attached hydrogens (tertiary/aromatic N) is 3. The van der Waals surface area contributed by atoms with Crippen molar-refractivity contribution in [1.82, 2.24) is 14.7 Å². The van der Waals surface area contributed by atoms with Crippen LogP contribution in [0.2, 0.25) is 0 Å². The molecule has 3 rings (SSSR count). The molecule has 0 fully saturated rings. The quantitative estimate of drug-likeness (QED) is 0.516. The predicted molar refractivity (Wildman–Crippen MR) is 118 cm³/mol. The molecule has 0 aliphatic carbocycles. The monoisotopic (exact) mass is 421 g/mol. The third-order valence-electron chi connectivity index (χ3n) is 5.04. The predicted octanol–water partition coefficient (Wildman–Crippen LogP) is 3.88. The van der Waals surface area contributed by atoms with Crippen molar-refractivity contribution >= 4 is 11.9 Å². The van der Waals surface area contributed by atoms with Gasteiger partial charge in [-0.1, -0.05) is 29.8 Å². The Morgan fingerprint density at radius 1 is 1.10 bits per heavy atom. The van der Waals surface area contributed by atoms with E-state index in [1.807, 2.05) is 55.5 Å². The van der Waals surface area contributed by atoms with Gasteiger partial charge in [-0.25, -0.2) is 4.68 Å². The van der Waals surface area contributed by atoms with Gasteiger partial charge in [0, 0.05) is 31.8 Å². The Balaban J connectivity index is 1.95. The van der Waals surface area contributed by atoms with Crippen molar-refractivity contribution in [2.75, 3.05) is 27.8 Å². The molecular weight excluding hydrogens is 394 g/mol. The van der Waals surface area contributed by atoms with Crippen molar-refractivity contribution in [2.24, 2.45) is 0 Å². The first kappa shape index (κ1) is 22.1. The second-order valence-electron chi connectivity index (χ2n) is 7.31. The molecule has 0 spiro atoms. The third-order valence-corrected chi connectivity index (χ3v) is 5.04. The van der Waals surface area contributed by atoms with Crippen LogP contribution < -0.4 is 4.74 Å². The van der Waals surface area contributed by atoms with Crippen LogP contribution >= 0.6 is 0 Å². The van der Waals surface area contributed by atoms with E-state index in [1.54, 1.807) is 29.9 Å². The molecule has 0 unspecified atom stereocenters. The van der Waals surface area contributed by atoms with Gasteiger partial charge < -0.3 is 14.4 Å². The standard InChI is InChI=1S/C24H27N3O4/c1-17-10-12-19(13-11-17)27-16-21(24(29)26(2)14-6-9-22(28)31-4)23(25-27)18-7-5-8-20(15-18)30-3/h5,7-8,10-13,15-16H,6,9,14H2,1-4H3. The smallest absolute Gasteiger partial charge is 0.305 e. The van der Waals surface area contributed by atoms with Gasteiger partial charge in [0.05, 0.1) is 25.5 Å². The summed E-state index contributed by atoms with van der Waals surface area (Å²) < 4.78 is 11.7. The fourth-order valence-corrected chi connectivity index (χ4v) is 3.21. The summed E-state index contributed by atoms with van der Waals surface area (Å²) in [6.45, 7) is 2.45. The number of methoxy groups -OCH3 is 2. The van der Waals surface area contributed by atoms with E-state index in [9.17, 15) is 9.59 Å².